The monoisotopic (exact) mass is 500 g/mol. The number of piperidine rings is 1. The molecule has 1 saturated heterocycles. The molecule has 6 rings (SSSR count). The first-order valence-electron chi connectivity index (χ1n) is 12.9. The summed E-state index contributed by atoms with van der Waals surface area (Å²) in [5.41, 5.74) is 1.04. The van der Waals surface area contributed by atoms with Gasteiger partial charge in [0.05, 0.1) is 24.2 Å². The summed E-state index contributed by atoms with van der Waals surface area (Å²) in [6, 6.07) is 10.5. The SMILES string of the molecule is C=CCN1CC[C@]23c4c5ccc(O)c4O[C@H]2[C@H](N(C)C(=O)C#Cc2ccc(OC)cc2)CC[C@@]3(O)[C@H]1C5. The molecular formula is C30H32N2O5. The molecule has 1 spiro atoms. The first-order valence-corrected chi connectivity index (χ1v) is 12.9. The number of carbonyl (C=O) groups is 1. The number of benzene rings is 2. The van der Waals surface area contributed by atoms with E-state index in [1.165, 1.54) is 0 Å². The van der Waals surface area contributed by atoms with Crippen LogP contribution >= 0.6 is 0 Å². The lowest BCUT2D eigenvalue weighted by Crippen LogP contribution is -2.78. The van der Waals surface area contributed by atoms with Gasteiger partial charge in [0.1, 0.15) is 11.9 Å². The van der Waals surface area contributed by atoms with Crippen molar-refractivity contribution in [3.63, 3.8) is 0 Å². The van der Waals surface area contributed by atoms with E-state index in [4.69, 9.17) is 9.47 Å². The second kappa shape index (κ2) is 8.54. The number of nitrogens with zero attached hydrogens (tertiary/aromatic N) is 2. The van der Waals surface area contributed by atoms with Crippen molar-refractivity contribution >= 4 is 5.91 Å². The van der Waals surface area contributed by atoms with Gasteiger partial charge in [-0.2, -0.15) is 0 Å². The van der Waals surface area contributed by atoms with E-state index < -0.39 is 17.1 Å². The summed E-state index contributed by atoms with van der Waals surface area (Å²) in [7, 11) is 3.37. The van der Waals surface area contributed by atoms with Crippen molar-refractivity contribution in [2.75, 3.05) is 27.2 Å². The smallest absolute Gasteiger partial charge is 0.298 e. The second-order valence-electron chi connectivity index (χ2n) is 10.6. The van der Waals surface area contributed by atoms with Crippen molar-refractivity contribution in [3.8, 4) is 29.1 Å². The van der Waals surface area contributed by atoms with Crippen LogP contribution in [-0.2, 0) is 16.6 Å². The number of phenolic OH excluding ortho intramolecular Hbond substituents is 1. The first kappa shape index (κ1) is 23.9. The molecule has 2 N–H and O–H groups in total. The normalized spacial score (nSPS) is 30.8. The molecule has 4 aliphatic rings. The van der Waals surface area contributed by atoms with Gasteiger partial charge in [-0.05, 0) is 68.1 Å². The second-order valence-corrected chi connectivity index (χ2v) is 10.6. The zero-order valence-corrected chi connectivity index (χ0v) is 21.2. The summed E-state index contributed by atoms with van der Waals surface area (Å²) in [5.74, 6) is 6.72. The molecule has 2 bridgehead atoms. The van der Waals surface area contributed by atoms with Crippen LogP contribution in [0.15, 0.2) is 49.1 Å². The van der Waals surface area contributed by atoms with Gasteiger partial charge in [-0.3, -0.25) is 9.69 Å². The Kier molecular flexibility index (Phi) is 5.52. The average Bonchev–Trinajstić information content (AvgIpc) is 3.26. The Bertz CT molecular complexity index is 1330. The predicted molar refractivity (Wildman–Crippen MR) is 139 cm³/mol. The third kappa shape index (κ3) is 3.25. The average molecular weight is 501 g/mol. The number of amides is 1. The lowest BCUT2D eigenvalue weighted by atomic mass is 9.48. The Morgan fingerprint density at radius 2 is 2.08 bits per heavy atom. The molecule has 5 atom stereocenters. The van der Waals surface area contributed by atoms with E-state index in [9.17, 15) is 15.0 Å². The van der Waals surface area contributed by atoms with Crippen molar-refractivity contribution in [3.05, 3.63) is 65.7 Å². The molecule has 2 aliphatic carbocycles. The molecule has 0 unspecified atom stereocenters. The molecule has 0 radical (unpaired) electrons. The van der Waals surface area contributed by atoms with Crippen LogP contribution in [0.4, 0.5) is 0 Å². The molecule has 2 aliphatic heterocycles. The summed E-state index contributed by atoms with van der Waals surface area (Å²) >= 11 is 0. The van der Waals surface area contributed by atoms with Crippen molar-refractivity contribution in [1.29, 1.82) is 0 Å². The van der Waals surface area contributed by atoms with E-state index in [1.807, 2.05) is 36.4 Å². The van der Waals surface area contributed by atoms with Gasteiger partial charge in [0.2, 0.25) is 0 Å². The minimum absolute atomic E-state index is 0.0786. The van der Waals surface area contributed by atoms with Crippen LogP contribution in [0.1, 0.15) is 36.0 Å². The topological polar surface area (TPSA) is 82.5 Å². The number of phenols is 1. The van der Waals surface area contributed by atoms with E-state index in [2.05, 4.69) is 23.3 Å². The minimum atomic E-state index is -1.03. The summed E-state index contributed by atoms with van der Waals surface area (Å²) in [5, 5.41) is 23.2. The van der Waals surface area contributed by atoms with Crippen molar-refractivity contribution in [1.82, 2.24) is 9.80 Å². The number of aromatic hydroxyl groups is 1. The molecule has 2 aromatic rings. The minimum Gasteiger partial charge on any atom is -0.504 e. The molecule has 2 fully saturated rings. The van der Waals surface area contributed by atoms with Gasteiger partial charge in [0.25, 0.3) is 5.91 Å². The highest BCUT2D eigenvalue weighted by Crippen LogP contribution is 2.65. The number of rotatable bonds is 4. The van der Waals surface area contributed by atoms with Crippen LogP contribution < -0.4 is 9.47 Å². The van der Waals surface area contributed by atoms with Crippen LogP contribution in [0, 0.1) is 11.8 Å². The summed E-state index contributed by atoms with van der Waals surface area (Å²) in [6.45, 7) is 5.42. The Labute approximate surface area is 217 Å². The number of aliphatic hydroxyl groups is 1. The van der Waals surface area contributed by atoms with Gasteiger partial charge in [-0.15, -0.1) is 6.58 Å². The fraction of sp³-hybridized carbons (Fsp3) is 0.433. The van der Waals surface area contributed by atoms with E-state index in [0.29, 0.717) is 38.0 Å². The van der Waals surface area contributed by atoms with Crippen LogP contribution in [0.2, 0.25) is 0 Å². The van der Waals surface area contributed by atoms with E-state index >= 15 is 0 Å². The van der Waals surface area contributed by atoms with Crippen LogP contribution in [0.3, 0.4) is 0 Å². The maximum absolute atomic E-state index is 13.3. The molecular weight excluding hydrogens is 468 g/mol. The molecule has 7 nitrogen and oxygen atoms in total. The van der Waals surface area contributed by atoms with Crippen LogP contribution in [0.5, 0.6) is 17.2 Å². The molecule has 192 valence electrons. The fourth-order valence-electron chi connectivity index (χ4n) is 7.42. The number of likely N-dealkylation sites (N-methyl/N-ethyl adjacent to an activating group) is 1. The van der Waals surface area contributed by atoms with Crippen LogP contribution in [0.25, 0.3) is 0 Å². The van der Waals surface area contributed by atoms with Gasteiger partial charge in [0.15, 0.2) is 11.5 Å². The lowest BCUT2D eigenvalue weighted by Gasteiger charge is -2.64. The van der Waals surface area contributed by atoms with Crippen LogP contribution in [-0.4, -0.2) is 77.0 Å². The quantitative estimate of drug-likeness (QED) is 0.496. The molecule has 2 aromatic carbocycles. The standard InChI is InChI=1S/C30H32N2O5/c1-4-16-32-17-15-29-26-20-8-11-23(33)27(26)37-28(29)22(13-14-30(29,35)24(32)18-20)31(2)25(34)12-7-19-5-9-21(36-3)10-6-19/h4-6,8-11,22,24,28,33,35H,1,13-18H2,2-3H3/t22-,24-,28+,29+,30-/m1/s1. The zero-order valence-electron chi connectivity index (χ0n) is 21.2. The van der Waals surface area contributed by atoms with Gasteiger partial charge >= 0.3 is 0 Å². The summed E-state index contributed by atoms with van der Waals surface area (Å²) in [4.78, 5) is 17.2. The van der Waals surface area contributed by atoms with Crippen molar-refractivity contribution in [2.24, 2.45) is 0 Å². The molecule has 1 amide bonds. The lowest BCUT2D eigenvalue weighted by molar-refractivity contribution is -0.197. The van der Waals surface area contributed by atoms with Crippen molar-refractivity contribution in [2.45, 2.75) is 54.9 Å². The number of hydrogen-bond acceptors (Lipinski definition) is 6. The zero-order chi connectivity index (χ0) is 25.9. The molecule has 1 saturated carbocycles. The number of methoxy groups -OCH3 is 1. The number of carbonyl (C=O) groups excluding carboxylic acids is 1. The highest BCUT2D eigenvalue weighted by Gasteiger charge is 2.73. The molecule has 2 heterocycles. The highest BCUT2D eigenvalue weighted by atomic mass is 16.5. The van der Waals surface area contributed by atoms with Gasteiger partial charge < -0.3 is 24.6 Å². The largest absolute Gasteiger partial charge is 0.504 e. The molecule has 37 heavy (non-hydrogen) atoms. The third-order valence-electron chi connectivity index (χ3n) is 9.13. The highest BCUT2D eigenvalue weighted by molar-refractivity contribution is 5.94. The summed E-state index contributed by atoms with van der Waals surface area (Å²) in [6.07, 6.45) is 3.90. The number of ether oxygens (including phenoxy) is 2. The Balaban J connectivity index is 1.36. The molecule has 0 aromatic heterocycles. The van der Waals surface area contributed by atoms with Gasteiger partial charge in [-0.25, -0.2) is 0 Å². The van der Waals surface area contributed by atoms with Gasteiger partial charge in [-0.1, -0.05) is 18.1 Å². The Morgan fingerprint density at radius 1 is 1.30 bits per heavy atom. The van der Waals surface area contributed by atoms with E-state index in [0.717, 1.165) is 29.0 Å². The fourth-order valence-corrected chi connectivity index (χ4v) is 7.42. The van der Waals surface area contributed by atoms with Gasteiger partial charge in [0, 0.05) is 36.7 Å². The predicted octanol–water partition coefficient (Wildman–Crippen LogP) is 2.62. The first-order chi connectivity index (χ1) is 17.8. The van der Waals surface area contributed by atoms with E-state index in [1.54, 1.807) is 25.1 Å². The number of hydrogen-bond donors (Lipinski definition) is 2. The molecule has 7 heteroatoms. The Hall–Kier alpha value is -3.47. The number of likely N-dealkylation sites (tertiary alicyclic amines) is 1. The van der Waals surface area contributed by atoms with E-state index in [-0.39, 0.29) is 23.7 Å². The maximum atomic E-state index is 13.3. The Morgan fingerprint density at radius 3 is 2.81 bits per heavy atom. The third-order valence-corrected chi connectivity index (χ3v) is 9.13. The maximum Gasteiger partial charge on any atom is 0.298 e. The summed E-state index contributed by atoms with van der Waals surface area (Å²) < 4.78 is 11.7. The van der Waals surface area contributed by atoms with Crippen molar-refractivity contribution < 1.29 is 24.5 Å².